The van der Waals surface area contributed by atoms with Gasteiger partial charge in [-0.2, -0.15) is 0 Å². The fourth-order valence-electron chi connectivity index (χ4n) is 2.85. The van der Waals surface area contributed by atoms with Crippen LogP contribution in [-0.2, 0) is 0 Å². The van der Waals surface area contributed by atoms with Gasteiger partial charge in [0, 0.05) is 42.5 Å². The van der Waals surface area contributed by atoms with Crippen molar-refractivity contribution < 1.29 is 9.72 Å². The predicted molar refractivity (Wildman–Crippen MR) is 84.6 cm³/mol. The van der Waals surface area contributed by atoms with Crippen LogP contribution in [0.4, 0.5) is 5.69 Å². The topological polar surface area (TPSA) is 92.1 Å². The minimum absolute atomic E-state index is 0.0202. The molecule has 1 aromatic heterocycles. The second kappa shape index (κ2) is 6.37. The Morgan fingerprint density at radius 3 is 2.70 bits per heavy atom. The zero-order valence-electron chi connectivity index (χ0n) is 12.2. The lowest BCUT2D eigenvalue weighted by Crippen LogP contribution is -2.38. The number of hydrogen-bond donors (Lipinski definition) is 1. The normalized spacial score (nSPS) is 15.6. The number of aromatic nitrogens is 2. The van der Waals surface area contributed by atoms with E-state index in [1.165, 1.54) is 18.2 Å². The number of benzene rings is 1. The Morgan fingerprint density at radius 2 is 2.13 bits per heavy atom. The first kappa shape index (κ1) is 15.5. The van der Waals surface area contributed by atoms with Crippen molar-refractivity contribution in [2.45, 2.75) is 18.8 Å². The molecule has 7 nitrogen and oxygen atoms in total. The highest BCUT2D eigenvalue weighted by atomic mass is 35.5. The van der Waals surface area contributed by atoms with Crippen LogP contribution in [0, 0.1) is 10.1 Å². The third kappa shape index (κ3) is 3.19. The van der Waals surface area contributed by atoms with Crippen molar-refractivity contribution in [3.05, 3.63) is 57.1 Å². The van der Waals surface area contributed by atoms with Crippen LogP contribution in [0.1, 0.15) is 34.8 Å². The van der Waals surface area contributed by atoms with E-state index in [0.29, 0.717) is 24.6 Å². The number of nitro benzene ring substituents is 1. The summed E-state index contributed by atoms with van der Waals surface area (Å²) >= 11 is 5.87. The van der Waals surface area contributed by atoms with E-state index in [4.69, 9.17) is 11.6 Å². The standard InChI is InChI=1S/C15H15ClN4O3/c16-12-7-11(1-2-14(12)20(22)23)15(21)19-5-3-10(4-6-19)13-8-17-9-18-13/h1-2,7-10H,3-6H2,(H,17,18). The van der Waals surface area contributed by atoms with E-state index in [2.05, 4.69) is 9.97 Å². The summed E-state index contributed by atoms with van der Waals surface area (Å²) in [4.78, 5) is 31.6. The van der Waals surface area contributed by atoms with E-state index in [9.17, 15) is 14.9 Å². The number of carbonyl (C=O) groups excluding carboxylic acids is 1. The lowest BCUT2D eigenvalue weighted by Gasteiger charge is -2.31. The number of likely N-dealkylation sites (tertiary alicyclic amines) is 1. The zero-order valence-corrected chi connectivity index (χ0v) is 13.0. The average Bonchev–Trinajstić information content (AvgIpc) is 3.08. The molecule has 1 aromatic carbocycles. The maximum absolute atomic E-state index is 12.5. The van der Waals surface area contributed by atoms with Gasteiger partial charge in [0.15, 0.2) is 0 Å². The van der Waals surface area contributed by atoms with Gasteiger partial charge in [0.25, 0.3) is 11.6 Å². The number of halogens is 1. The maximum Gasteiger partial charge on any atom is 0.287 e. The zero-order chi connectivity index (χ0) is 16.4. The number of piperidine rings is 1. The molecule has 0 spiro atoms. The van der Waals surface area contributed by atoms with Crippen LogP contribution in [0.15, 0.2) is 30.7 Å². The molecule has 0 unspecified atom stereocenters. The van der Waals surface area contributed by atoms with E-state index >= 15 is 0 Å². The smallest absolute Gasteiger partial charge is 0.287 e. The Bertz CT molecular complexity index is 724. The maximum atomic E-state index is 12.5. The molecular weight excluding hydrogens is 320 g/mol. The number of nitro groups is 1. The van der Waals surface area contributed by atoms with Gasteiger partial charge in [-0.3, -0.25) is 14.9 Å². The summed E-state index contributed by atoms with van der Waals surface area (Å²) in [5.74, 6) is 0.229. The number of imidazole rings is 1. The number of hydrogen-bond acceptors (Lipinski definition) is 4. The van der Waals surface area contributed by atoms with Gasteiger partial charge >= 0.3 is 0 Å². The Hall–Kier alpha value is -2.41. The van der Waals surface area contributed by atoms with Crippen molar-refractivity contribution in [3.63, 3.8) is 0 Å². The number of rotatable bonds is 3. The second-order valence-electron chi connectivity index (χ2n) is 5.50. The van der Waals surface area contributed by atoms with Crippen molar-refractivity contribution in [1.29, 1.82) is 0 Å². The average molecular weight is 335 g/mol. The van der Waals surface area contributed by atoms with E-state index < -0.39 is 4.92 Å². The molecule has 2 heterocycles. The largest absolute Gasteiger partial charge is 0.348 e. The molecule has 0 aliphatic carbocycles. The van der Waals surface area contributed by atoms with Crippen LogP contribution in [0.5, 0.6) is 0 Å². The van der Waals surface area contributed by atoms with Crippen molar-refractivity contribution in [2.24, 2.45) is 0 Å². The van der Waals surface area contributed by atoms with Gasteiger partial charge in [0.1, 0.15) is 5.02 Å². The molecule has 23 heavy (non-hydrogen) atoms. The fourth-order valence-corrected chi connectivity index (χ4v) is 3.10. The third-order valence-corrected chi connectivity index (χ3v) is 4.44. The van der Waals surface area contributed by atoms with E-state index in [1.54, 1.807) is 11.2 Å². The first-order valence-corrected chi connectivity index (χ1v) is 7.65. The summed E-state index contributed by atoms with van der Waals surface area (Å²) in [6.45, 7) is 1.27. The number of nitrogens with one attached hydrogen (secondary N) is 1. The molecule has 120 valence electrons. The quantitative estimate of drug-likeness (QED) is 0.689. The van der Waals surface area contributed by atoms with Crippen LogP contribution >= 0.6 is 11.6 Å². The number of amides is 1. The van der Waals surface area contributed by atoms with Gasteiger partial charge in [0.2, 0.25) is 0 Å². The number of carbonyl (C=O) groups is 1. The summed E-state index contributed by atoms with van der Waals surface area (Å²) < 4.78 is 0. The summed E-state index contributed by atoms with van der Waals surface area (Å²) in [5.41, 5.74) is 1.28. The molecule has 1 N–H and O–H groups in total. The highest BCUT2D eigenvalue weighted by molar-refractivity contribution is 6.33. The summed E-state index contributed by atoms with van der Waals surface area (Å²) in [7, 11) is 0. The van der Waals surface area contributed by atoms with Crippen molar-refractivity contribution in [2.75, 3.05) is 13.1 Å². The van der Waals surface area contributed by atoms with Crippen LogP contribution in [0.2, 0.25) is 5.02 Å². The highest BCUT2D eigenvalue weighted by Gasteiger charge is 2.26. The van der Waals surface area contributed by atoms with Gasteiger partial charge in [0.05, 0.1) is 11.3 Å². The Balaban J connectivity index is 1.68. The molecule has 1 aliphatic rings. The molecule has 0 saturated carbocycles. The Morgan fingerprint density at radius 1 is 1.39 bits per heavy atom. The summed E-state index contributed by atoms with van der Waals surface area (Å²) in [6.07, 6.45) is 5.19. The molecule has 3 rings (SSSR count). The number of H-pyrrole nitrogens is 1. The monoisotopic (exact) mass is 334 g/mol. The molecule has 1 amide bonds. The molecule has 0 bridgehead atoms. The molecule has 2 aromatic rings. The Kier molecular flexibility index (Phi) is 4.29. The third-order valence-electron chi connectivity index (χ3n) is 4.13. The van der Waals surface area contributed by atoms with Gasteiger partial charge in [-0.05, 0) is 25.0 Å². The molecule has 0 radical (unpaired) electrons. The fraction of sp³-hybridized carbons (Fsp3) is 0.333. The lowest BCUT2D eigenvalue weighted by molar-refractivity contribution is -0.384. The van der Waals surface area contributed by atoms with Crippen LogP contribution < -0.4 is 0 Å². The molecule has 1 saturated heterocycles. The first-order chi connectivity index (χ1) is 11.1. The molecule has 1 aliphatic heterocycles. The number of nitrogens with zero attached hydrogens (tertiary/aromatic N) is 3. The molecular formula is C15H15ClN4O3. The van der Waals surface area contributed by atoms with E-state index in [-0.39, 0.29) is 16.6 Å². The van der Waals surface area contributed by atoms with Crippen molar-refractivity contribution in [3.8, 4) is 0 Å². The first-order valence-electron chi connectivity index (χ1n) is 7.27. The second-order valence-corrected chi connectivity index (χ2v) is 5.90. The number of aromatic amines is 1. The summed E-state index contributed by atoms with van der Waals surface area (Å²) in [5, 5.41) is 10.8. The minimum atomic E-state index is -0.563. The lowest BCUT2D eigenvalue weighted by atomic mass is 9.93. The van der Waals surface area contributed by atoms with Crippen molar-refractivity contribution in [1.82, 2.24) is 14.9 Å². The van der Waals surface area contributed by atoms with Gasteiger partial charge in [-0.1, -0.05) is 11.6 Å². The van der Waals surface area contributed by atoms with Gasteiger partial charge in [-0.15, -0.1) is 0 Å². The molecule has 8 heteroatoms. The van der Waals surface area contributed by atoms with Gasteiger partial charge < -0.3 is 9.88 Å². The SMILES string of the molecule is O=C(c1ccc([N+](=O)[O-])c(Cl)c1)N1CCC(c2cnc[nH]2)CC1. The van der Waals surface area contributed by atoms with Gasteiger partial charge in [-0.25, -0.2) is 4.98 Å². The minimum Gasteiger partial charge on any atom is -0.348 e. The predicted octanol–water partition coefficient (Wildman–Crippen LogP) is 2.99. The van der Waals surface area contributed by atoms with Crippen molar-refractivity contribution >= 4 is 23.2 Å². The molecule has 1 fully saturated rings. The van der Waals surface area contributed by atoms with E-state index in [1.807, 2.05) is 6.20 Å². The Labute approximate surface area is 137 Å². The highest BCUT2D eigenvalue weighted by Crippen LogP contribution is 2.29. The van der Waals surface area contributed by atoms with E-state index in [0.717, 1.165) is 18.5 Å². The molecule has 0 atom stereocenters. The van der Waals surface area contributed by atoms with Crippen LogP contribution in [0.25, 0.3) is 0 Å². The van der Waals surface area contributed by atoms with Crippen LogP contribution in [-0.4, -0.2) is 38.8 Å². The van der Waals surface area contributed by atoms with Crippen LogP contribution in [0.3, 0.4) is 0 Å². The summed E-state index contributed by atoms with van der Waals surface area (Å²) in [6, 6.07) is 4.09.